The Morgan fingerprint density at radius 1 is 0.929 bits per heavy atom. The van der Waals surface area contributed by atoms with Gasteiger partial charge in [-0.3, -0.25) is 0 Å². The van der Waals surface area contributed by atoms with Gasteiger partial charge in [-0.25, -0.2) is 0 Å². The molecule has 0 nitrogen and oxygen atoms in total. The predicted molar refractivity (Wildman–Crippen MR) is 67.4 cm³/mol. The standard InChI is InChI=1S/C12H20Cl2/c1-5-7-11(3,13)9-10-12(4,14)8-6-2/h5-6H,1-2,7-10H2,3-4H3. The third kappa shape index (κ3) is 6.50. The average molecular weight is 235 g/mol. The molecule has 0 rings (SSSR count). The van der Waals surface area contributed by atoms with Crippen LogP contribution in [0.3, 0.4) is 0 Å². The minimum absolute atomic E-state index is 0.209. The molecule has 0 spiro atoms. The van der Waals surface area contributed by atoms with Crippen LogP contribution in [-0.4, -0.2) is 9.75 Å². The van der Waals surface area contributed by atoms with Crippen molar-refractivity contribution in [3.63, 3.8) is 0 Å². The highest BCUT2D eigenvalue weighted by atomic mass is 35.5. The molecule has 0 saturated heterocycles. The Bertz CT molecular complexity index is 170. The Balaban J connectivity index is 4.02. The van der Waals surface area contributed by atoms with E-state index in [4.69, 9.17) is 23.2 Å². The second-order valence-electron chi connectivity index (χ2n) is 4.31. The number of alkyl halides is 2. The lowest BCUT2D eigenvalue weighted by atomic mass is 9.93. The fourth-order valence-corrected chi connectivity index (χ4v) is 1.73. The van der Waals surface area contributed by atoms with Crippen LogP contribution in [0.4, 0.5) is 0 Å². The number of hydrogen-bond donors (Lipinski definition) is 0. The van der Waals surface area contributed by atoms with E-state index >= 15 is 0 Å². The Morgan fingerprint density at radius 2 is 1.21 bits per heavy atom. The van der Waals surface area contributed by atoms with Crippen LogP contribution >= 0.6 is 23.2 Å². The van der Waals surface area contributed by atoms with Crippen LogP contribution < -0.4 is 0 Å². The Morgan fingerprint density at radius 3 is 1.43 bits per heavy atom. The SMILES string of the molecule is C=CCC(C)(Cl)CCC(C)(Cl)CC=C. The summed E-state index contributed by atoms with van der Waals surface area (Å²) in [6.45, 7) is 11.4. The Kier molecular flexibility index (Phi) is 5.85. The molecule has 14 heavy (non-hydrogen) atoms. The average Bonchev–Trinajstić information content (AvgIpc) is 2.01. The van der Waals surface area contributed by atoms with Crippen LogP contribution in [0, 0.1) is 0 Å². The zero-order valence-electron chi connectivity index (χ0n) is 9.15. The van der Waals surface area contributed by atoms with Gasteiger partial charge in [0.15, 0.2) is 0 Å². The van der Waals surface area contributed by atoms with Gasteiger partial charge in [-0.05, 0) is 39.5 Å². The Labute approximate surface area is 98.0 Å². The molecule has 0 radical (unpaired) electrons. The van der Waals surface area contributed by atoms with Crippen LogP contribution in [0.5, 0.6) is 0 Å². The monoisotopic (exact) mass is 234 g/mol. The number of allylic oxidation sites excluding steroid dienone is 2. The maximum absolute atomic E-state index is 6.29. The molecule has 0 N–H and O–H groups in total. The first-order chi connectivity index (χ1) is 6.33. The molecule has 82 valence electrons. The van der Waals surface area contributed by atoms with E-state index in [0.717, 1.165) is 25.7 Å². The van der Waals surface area contributed by atoms with Gasteiger partial charge in [0.2, 0.25) is 0 Å². The number of halogens is 2. The van der Waals surface area contributed by atoms with Gasteiger partial charge in [-0.1, -0.05) is 12.2 Å². The molecule has 2 atom stereocenters. The predicted octanol–water partition coefficient (Wildman–Crippen LogP) is 4.91. The second kappa shape index (κ2) is 5.82. The van der Waals surface area contributed by atoms with Crippen molar-refractivity contribution in [1.29, 1.82) is 0 Å². The highest BCUT2D eigenvalue weighted by Crippen LogP contribution is 2.33. The maximum Gasteiger partial charge on any atom is 0.0453 e. The van der Waals surface area contributed by atoms with Crippen molar-refractivity contribution in [2.45, 2.75) is 49.3 Å². The van der Waals surface area contributed by atoms with Crippen molar-refractivity contribution in [2.24, 2.45) is 0 Å². The Hall–Kier alpha value is 0.0600. The summed E-state index contributed by atoms with van der Waals surface area (Å²) in [5.41, 5.74) is 0. The molecule has 0 saturated carbocycles. The van der Waals surface area contributed by atoms with Crippen molar-refractivity contribution < 1.29 is 0 Å². The molecular weight excluding hydrogens is 215 g/mol. The fourth-order valence-electron chi connectivity index (χ4n) is 1.33. The molecule has 2 unspecified atom stereocenters. The quantitative estimate of drug-likeness (QED) is 0.434. The van der Waals surface area contributed by atoms with Gasteiger partial charge >= 0.3 is 0 Å². The van der Waals surface area contributed by atoms with E-state index in [0.29, 0.717) is 0 Å². The van der Waals surface area contributed by atoms with E-state index in [9.17, 15) is 0 Å². The third-order valence-corrected chi connectivity index (χ3v) is 2.99. The normalized spacial score (nSPS) is 19.4. The summed E-state index contributed by atoms with van der Waals surface area (Å²) < 4.78 is 0. The molecule has 0 aliphatic rings. The molecule has 0 bridgehead atoms. The molecule has 0 aliphatic carbocycles. The fraction of sp³-hybridized carbons (Fsp3) is 0.667. The van der Waals surface area contributed by atoms with Gasteiger partial charge < -0.3 is 0 Å². The zero-order chi connectivity index (χ0) is 11.2. The van der Waals surface area contributed by atoms with Crippen LogP contribution in [0.2, 0.25) is 0 Å². The van der Waals surface area contributed by atoms with Crippen LogP contribution in [-0.2, 0) is 0 Å². The molecule has 2 heteroatoms. The molecule has 0 amide bonds. The van der Waals surface area contributed by atoms with Crippen LogP contribution in [0.25, 0.3) is 0 Å². The van der Waals surface area contributed by atoms with Gasteiger partial charge in [0.25, 0.3) is 0 Å². The van der Waals surface area contributed by atoms with Crippen molar-refractivity contribution in [1.82, 2.24) is 0 Å². The molecule has 0 aromatic heterocycles. The first-order valence-corrected chi connectivity index (χ1v) is 5.68. The van der Waals surface area contributed by atoms with Crippen molar-refractivity contribution in [3.8, 4) is 0 Å². The van der Waals surface area contributed by atoms with Gasteiger partial charge in [0.1, 0.15) is 0 Å². The first kappa shape index (κ1) is 14.1. The van der Waals surface area contributed by atoms with Crippen LogP contribution in [0.15, 0.2) is 25.3 Å². The number of hydrogen-bond acceptors (Lipinski definition) is 0. The summed E-state index contributed by atoms with van der Waals surface area (Å²) in [6.07, 6.45) is 7.13. The topological polar surface area (TPSA) is 0 Å². The van der Waals surface area contributed by atoms with E-state index in [2.05, 4.69) is 13.2 Å². The molecule has 0 fully saturated rings. The van der Waals surface area contributed by atoms with Gasteiger partial charge in [-0.15, -0.1) is 36.4 Å². The molecule has 0 heterocycles. The largest absolute Gasteiger partial charge is 0.119 e. The van der Waals surface area contributed by atoms with Gasteiger partial charge in [-0.2, -0.15) is 0 Å². The molecule has 0 aromatic rings. The van der Waals surface area contributed by atoms with E-state index in [1.165, 1.54) is 0 Å². The van der Waals surface area contributed by atoms with Gasteiger partial charge in [0.05, 0.1) is 0 Å². The lowest BCUT2D eigenvalue weighted by Crippen LogP contribution is -2.22. The van der Waals surface area contributed by atoms with E-state index in [1.807, 2.05) is 26.0 Å². The summed E-state index contributed by atoms with van der Waals surface area (Å²) in [4.78, 5) is -0.419. The van der Waals surface area contributed by atoms with E-state index in [-0.39, 0.29) is 9.75 Å². The summed E-state index contributed by atoms with van der Waals surface area (Å²) in [5.74, 6) is 0. The molecule has 0 aromatic carbocycles. The van der Waals surface area contributed by atoms with Gasteiger partial charge in [0, 0.05) is 9.75 Å². The smallest absolute Gasteiger partial charge is 0.0453 e. The van der Waals surface area contributed by atoms with Crippen molar-refractivity contribution in [2.75, 3.05) is 0 Å². The lowest BCUT2D eigenvalue weighted by molar-refractivity contribution is 0.480. The van der Waals surface area contributed by atoms with Crippen LogP contribution in [0.1, 0.15) is 39.5 Å². The van der Waals surface area contributed by atoms with Crippen molar-refractivity contribution in [3.05, 3.63) is 25.3 Å². The summed E-state index contributed by atoms with van der Waals surface area (Å²) in [7, 11) is 0. The lowest BCUT2D eigenvalue weighted by Gasteiger charge is -2.26. The highest BCUT2D eigenvalue weighted by Gasteiger charge is 2.25. The van der Waals surface area contributed by atoms with E-state index < -0.39 is 0 Å². The van der Waals surface area contributed by atoms with Crippen molar-refractivity contribution >= 4 is 23.2 Å². The minimum Gasteiger partial charge on any atom is -0.119 e. The summed E-state index contributed by atoms with van der Waals surface area (Å²) in [5, 5.41) is 0. The molecular formula is C12H20Cl2. The minimum atomic E-state index is -0.209. The highest BCUT2D eigenvalue weighted by molar-refractivity contribution is 6.24. The maximum atomic E-state index is 6.29. The zero-order valence-corrected chi connectivity index (χ0v) is 10.7. The third-order valence-electron chi connectivity index (χ3n) is 2.31. The second-order valence-corrected chi connectivity index (χ2v) is 6.14. The summed E-state index contributed by atoms with van der Waals surface area (Å²) >= 11 is 12.6. The first-order valence-electron chi connectivity index (χ1n) is 4.93. The van der Waals surface area contributed by atoms with E-state index in [1.54, 1.807) is 0 Å². The summed E-state index contributed by atoms with van der Waals surface area (Å²) in [6, 6.07) is 0. The molecule has 0 aliphatic heterocycles. The number of rotatable bonds is 7.